The van der Waals surface area contributed by atoms with E-state index in [1.54, 1.807) is 6.07 Å². The van der Waals surface area contributed by atoms with Crippen LogP contribution < -0.4 is 10.9 Å². The lowest BCUT2D eigenvalue weighted by Crippen LogP contribution is -2.33. The molecule has 3 aromatic rings. The summed E-state index contributed by atoms with van der Waals surface area (Å²) in [6.45, 7) is 0. The molecule has 0 saturated heterocycles. The molecule has 1 saturated carbocycles. The Morgan fingerprint density at radius 2 is 2.04 bits per heavy atom. The van der Waals surface area contributed by atoms with Crippen LogP contribution in [0.4, 0.5) is 4.39 Å². The van der Waals surface area contributed by atoms with E-state index in [0.717, 1.165) is 31.2 Å². The second-order valence-electron chi connectivity index (χ2n) is 6.87. The maximum atomic E-state index is 13.7. The van der Waals surface area contributed by atoms with E-state index in [-0.39, 0.29) is 34.9 Å². The summed E-state index contributed by atoms with van der Waals surface area (Å²) in [5.41, 5.74) is 0.984. The quantitative estimate of drug-likeness (QED) is 0.743. The summed E-state index contributed by atoms with van der Waals surface area (Å²) >= 11 is 0. The molecule has 2 aromatic heterocycles. The number of aromatic nitrogens is 3. The Morgan fingerprint density at radius 3 is 2.81 bits per heavy atom. The number of nitrogens with zero attached hydrogens (tertiary/aromatic N) is 2. The first-order valence-electron chi connectivity index (χ1n) is 9.01. The number of fused-ring (bicyclic) bond motifs is 1. The highest BCUT2D eigenvalue weighted by atomic mass is 19.1. The van der Waals surface area contributed by atoms with Gasteiger partial charge in [0.2, 0.25) is 0 Å². The molecule has 2 N–H and O–H groups in total. The van der Waals surface area contributed by atoms with Gasteiger partial charge in [-0.2, -0.15) is 0 Å². The molecule has 4 rings (SSSR count). The summed E-state index contributed by atoms with van der Waals surface area (Å²) in [7, 11) is 0. The highest BCUT2D eigenvalue weighted by molar-refractivity contribution is 5.95. The molecule has 2 heterocycles. The Kier molecular flexibility index (Phi) is 4.66. The lowest BCUT2D eigenvalue weighted by Gasteiger charge is -2.25. The predicted octanol–water partition coefficient (Wildman–Crippen LogP) is 3.12. The Bertz CT molecular complexity index is 1040. The van der Waals surface area contributed by atoms with E-state index in [0.29, 0.717) is 10.9 Å². The van der Waals surface area contributed by atoms with Gasteiger partial charge in [-0.05, 0) is 42.5 Å². The van der Waals surface area contributed by atoms with E-state index in [4.69, 9.17) is 0 Å². The van der Waals surface area contributed by atoms with E-state index < -0.39 is 0 Å². The number of halogens is 1. The first-order valence-corrected chi connectivity index (χ1v) is 9.01. The summed E-state index contributed by atoms with van der Waals surface area (Å²) in [5.74, 6) is -0.464. The molecule has 1 aromatic carbocycles. The Labute approximate surface area is 154 Å². The molecular weight excluding hydrogens is 347 g/mol. The van der Waals surface area contributed by atoms with Crippen molar-refractivity contribution in [2.75, 3.05) is 0 Å². The van der Waals surface area contributed by atoms with Crippen LogP contribution in [0.3, 0.4) is 0 Å². The molecule has 138 valence electrons. The smallest absolute Gasteiger partial charge is 0.270 e. The number of amides is 1. The average Bonchev–Trinajstić information content (AvgIpc) is 3.20. The maximum absolute atomic E-state index is 13.7. The van der Waals surface area contributed by atoms with Crippen LogP contribution >= 0.6 is 0 Å². The van der Waals surface area contributed by atoms with Gasteiger partial charge >= 0.3 is 0 Å². The zero-order chi connectivity index (χ0) is 18.8. The third kappa shape index (κ3) is 3.58. The number of carbonyl (C=O) groups excluding carboxylic acids is 1. The Balaban J connectivity index is 1.65. The largest absolute Gasteiger partial charge is 0.344 e. The predicted molar refractivity (Wildman–Crippen MR) is 98.7 cm³/mol. The molecule has 1 unspecified atom stereocenters. The molecule has 27 heavy (non-hydrogen) atoms. The molecule has 1 amide bonds. The number of H-pyrrole nitrogens is 1. The van der Waals surface area contributed by atoms with Crippen molar-refractivity contribution in [1.82, 2.24) is 20.3 Å². The van der Waals surface area contributed by atoms with Crippen molar-refractivity contribution < 1.29 is 9.18 Å². The molecule has 1 aliphatic rings. The minimum atomic E-state index is -0.388. The number of rotatable bonds is 4. The van der Waals surface area contributed by atoms with Crippen molar-refractivity contribution in [3.05, 3.63) is 70.3 Å². The third-order valence-electron chi connectivity index (χ3n) is 5.13. The lowest BCUT2D eigenvalue weighted by molar-refractivity contribution is 0.0916. The van der Waals surface area contributed by atoms with Crippen molar-refractivity contribution >= 4 is 16.8 Å². The van der Waals surface area contributed by atoms with Gasteiger partial charge in [0.05, 0.1) is 29.5 Å². The molecule has 0 radical (unpaired) electrons. The standard InChI is InChI=1S/C20H19FN4O2/c21-14-7-3-6-13(8-14)18(12-4-1-2-5-12)25-20(27)16-9-15-17(10-22-16)23-11-24-19(15)26/h3,6-12,18H,1-2,4-5H2,(H,25,27)(H,23,24,26). The molecular formula is C20H19FN4O2. The highest BCUT2D eigenvalue weighted by Crippen LogP contribution is 2.36. The molecule has 1 atom stereocenters. The first kappa shape index (κ1) is 17.3. The highest BCUT2D eigenvalue weighted by Gasteiger charge is 2.28. The van der Waals surface area contributed by atoms with Gasteiger partial charge in [-0.3, -0.25) is 9.59 Å². The molecule has 6 nitrogen and oxygen atoms in total. The van der Waals surface area contributed by atoms with Crippen molar-refractivity contribution in [1.29, 1.82) is 0 Å². The van der Waals surface area contributed by atoms with Gasteiger partial charge in [-0.1, -0.05) is 25.0 Å². The molecule has 1 aliphatic carbocycles. The van der Waals surface area contributed by atoms with Crippen LogP contribution in [0.15, 0.2) is 47.7 Å². The van der Waals surface area contributed by atoms with Gasteiger partial charge in [0.1, 0.15) is 11.5 Å². The number of pyridine rings is 1. The van der Waals surface area contributed by atoms with Crippen LogP contribution in [-0.2, 0) is 0 Å². The first-order chi connectivity index (χ1) is 13.1. The van der Waals surface area contributed by atoms with E-state index in [9.17, 15) is 14.0 Å². The fourth-order valence-corrected chi connectivity index (χ4v) is 3.77. The normalized spacial score (nSPS) is 15.7. The number of hydrogen-bond acceptors (Lipinski definition) is 4. The zero-order valence-electron chi connectivity index (χ0n) is 14.6. The zero-order valence-corrected chi connectivity index (χ0v) is 14.6. The van der Waals surface area contributed by atoms with Crippen LogP contribution in [0.25, 0.3) is 10.9 Å². The number of aromatic amines is 1. The number of hydrogen-bond donors (Lipinski definition) is 2. The van der Waals surface area contributed by atoms with E-state index in [1.165, 1.54) is 30.7 Å². The van der Waals surface area contributed by atoms with Gasteiger partial charge in [0, 0.05) is 0 Å². The second-order valence-corrected chi connectivity index (χ2v) is 6.87. The fraction of sp³-hybridized carbons (Fsp3) is 0.300. The van der Waals surface area contributed by atoms with Crippen molar-refractivity contribution in [3.63, 3.8) is 0 Å². The third-order valence-corrected chi connectivity index (χ3v) is 5.13. The molecule has 1 fully saturated rings. The number of carbonyl (C=O) groups is 1. The monoisotopic (exact) mass is 366 g/mol. The van der Waals surface area contributed by atoms with Crippen LogP contribution in [0, 0.1) is 11.7 Å². The van der Waals surface area contributed by atoms with E-state index >= 15 is 0 Å². The summed E-state index contributed by atoms with van der Waals surface area (Å²) in [6, 6.07) is 7.48. The van der Waals surface area contributed by atoms with Gasteiger partial charge in [-0.25, -0.2) is 14.4 Å². The minimum Gasteiger partial charge on any atom is -0.344 e. The van der Waals surface area contributed by atoms with Crippen LogP contribution in [-0.4, -0.2) is 20.9 Å². The fourth-order valence-electron chi connectivity index (χ4n) is 3.77. The van der Waals surface area contributed by atoms with Gasteiger partial charge in [0.15, 0.2) is 0 Å². The van der Waals surface area contributed by atoms with Crippen LogP contribution in [0.1, 0.15) is 47.8 Å². The lowest BCUT2D eigenvalue weighted by atomic mass is 9.91. The average molecular weight is 366 g/mol. The van der Waals surface area contributed by atoms with Crippen LogP contribution in [0.5, 0.6) is 0 Å². The van der Waals surface area contributed by atoms with E-state index in [1.807, 2.05) is 6.07 Å². The minimum absolute atomic E-state index is 0.139. The van der Waals surface area contributed by atoms with Gasteiger partial charge in [-0.15, -0.1) is 0 Å². The summed E-state index contributed by atoms with van der Waals surface area (Å²) < 4.78 is 13.7. The summed E-state index contributed by atoms with van der Waals surface area (Å²) in [5, 5.41) is 3.31. The SMILES string of the molecule is O=C(NC(c1cccc(F)c1)C1CCCC1)c1cc2c(=O)[nH]cnc2cn1. The maximum Gasteiger partial charge on any atom is 0.270 e. The van der Waals surface area contributed by atoms with Gasteiger partial charge < -0.3 is 10.3 Å². The Hall–Kier alpha value is -3.09. The van der Waals surface area contributed by atoms with Gasteiger partial charge in [0.25, 0.3) is 11.5 Å². The molecule has 7 heteroatoms. The van der Waals surface area contributed by atoms with E-state index in [2.05, 4.69) is 20.3 Å². The number of nitrogens with one attached hydrogen (secondary N) is 2. The topological polar surface area (TPSA) is 87.7 Å². The molecule has 0 spiro atoms. The molecule has 0 aliphatic heterocycles. The van der Waals surface area contributed by atoms with Crippen molar-refractivity contribution in [2.24, 2.45) is 5.92 Å². The summed E-state index contributed by atoms with van der Waals surface area (Å²) in [6.07, 6.45) is 6.87. The molecule has 0 bridgehead atoms. The van der Waals surface area contributed by atoms with Crippen molar-refractivity contribution in [2.45, 2.75) is 31.7 Å². The summed E-state index contributed by atoms with van der Waals surface area (Å²) in [4.78, 5) is 35.4. The Morgan fingerprint density at radius 1 is 1.22 bits per heavy atom. The number of benzene rings is 1. The van der Waals surface area contributed by atoms with Crippen LogP contribution in [0.2, 0.25) is 0 Å². The van der Waals surface area contributed by atoms with Crippen molar-refractivity contribution in [3.8, 4) is 0 Å². The second kappa shape index (κ2) is 7.26.